The lowest BCUT2D eigenvalue weighted by Gasteiger charge is -2.11. The van der Waals surface area contributed by atoms with Crippen LogP contribution in [0.15, 0.2) is 58.6 Å². The van der Waals surface area contributed by atoms with E-state index in [0.29, 0.717) is 11.5 Å². The molecular formula is C17H20N2O4S. The summed E-state index contributed by atoms with van der Waals surface area (Å²) in [5.41, 5.74) is 1.60. The molecule has 0 unspecified atom stereocenters. The summed E-state index contributed by atoms with van der Waals surface area (Å²) in [7, 11) is 1.14. The molecule has 2 aromatic carbocycles. The normalized spacial score (nSPS) is 12.3. The van der Waals surface area contributed by atoms with Gasteiger partial charge in [-0.2, -0.15) is 0 Å². The average Bonchev–Trinajstić information content (AvgIpc) is 2.60. The third-order valence-corrected chi connectivity index (χ3v) is 5.23. The zero-order valence-electron chi connectivity index (χ0n) is 14.1. The van der Waals surface area contributed by atoms with E-state index >= 15 is 0 Å². The predicted molar refractivity (Wildman–Crippen MR) is 93.1 cm³/mol. The minimum absolute atomic E-state index is 0.204. The molecule has 7 heteroatoms. The highest BCUT2D eigenvalue weighted by Gasteiger charge is 2.16. The Morgan fingerprint density at radius 2 is 1.50 bits per heavy atom. The van der Waals surface area contributed by atoms with Gasteiger partial charge in [0.05, 0.1) is 17.7 Å². The second kappa shape index (κ2) is 7.46. The smallest absolute Gasteiger partial charge is 0.242 e. The van der Waals surface area contributed by atoms with Crippen LogP contribution in [0.3, 0.4) is 0 Å². The Hall–Kier alpha value is -2.38. The zero-order valence-corrected chi connectivity index (χ0v) is 14.9. The number of rotatable bonds is 6. The molecule has 0 fully saturated rings. The van der Waals surface area contributed by atoms with Gasteiger partial charge in [-0.25, -0.2) is 12.7 Å². The maximum absolute atomic E-state index is 12.0. The summed E-state index contributed by atoms with van der Waals surface area (Å²) >= 11 is 0. The van der Waals surface area contributed by atoms with Crippen LogP contribution in [-0.2, 0) is 10.0 Å². The van der Waals surface area contributed by atoms with Gasteiger partial charge in [0.1, 0.15) is 5.75 Å². The van der Waals surface area contributed by atoms with Gasteiger partial charge in [-0.05, 0) is 61.0 Å². The number of hydrogen-bond acceptors (Lipinski definition) is 5. The van der Waals surface area contributed by atoms with Crippen molar-refractivity contribution in [2.45, 2.75) is 11.8 Å². The fraction of sp³-hybridized carbons (Fsp3) is 0.235. The minimum Gasteiger partial charge on any atom is -0.497 e. The van der Waals surface area contributed by atoms with Crippen molar-refractivity contribution in [3.8, 4) is 11.5 Å². The number of oxime groups is 1. The largest absolute Gasteiger partial charge is 0.497 e. The molecule has 0 atom stereocenters. The molecule has 0 heterocycles. The molecule has 0 aromatic heterocycles. The van der Waals surface area contributed by atoms with Crippen LogP contribution in [0, 0.1) is 0 Å². The van der Waals surface area contributed by atoms with Crippen molar-refractivity contribution in [3.05, 3.63) is 54.1 Å². The summed E-state index contributed by atoms with van der Waals surface area (Å²) in [6, 6.07) is 13.6. The summed E-state index contributed by atoms with van der Waals surface area (Å²) in [5.74, 6) is 1.23. The fourth-order valence-corrected chi connectivity index (χ4v) is 2.79. The summed E-state index contributed by atoms with van der Waals surface area (Å²) in [5, 5.41) is 4.06. The Labute approximate surface area is 142 Å². The Kier molecular flexibility index (Phi) is 5.58. The van der Waals surface area contributed by atoms with Crippen LogP contribution in [0.1, 0.15) is 12.5 Å². The van der Waals surface area contributed by atoms with E-state index in [0.717, 1.165) is 15.6 Å². The van der Waals surface area contributed by atoms with Crippen molar-refractivity contribution in [1.29, 1.82) is 0 Å². The number of ether oxygens (including phenoxy) is 1. The number of methoxy groups -OCH3 is 1. The number of sulfonamides is 1. The van der Waals surface area contributed by atoms with Gasteiger partial charge in [0.2, 0.25) is 10.0 Å². The van der Waals surface area contributed by atoms with Crippen LogP contribution >= 0.6 is 0 Å². The molecule has 128 valence electrons. The molecule has 2 aromatic rings. The first-order valence-corrected chi connectivity index (χ1v) is 8.67. The summed E-state index contributed by atoms with van der Waals surface area (Å²) in [6.45, 7) is 1.83. The molecule has 0 amide bonds. The van der Waals surface area contributed by atoms with Gasteiger partial charge in [0.25, 0.3) is 0 Å². The van der Waals surface area contributed by atoms with E-state index in [2.05, 4.69) is 5.16 Å². The van der Waals surface area contributed by atoms with Crippen molar-refractivity contribution in [2.75, 3.05) is 21.2 Å². The quantitative estimate of drug-likeness (QED) is 0.595. The van der Waals surface area contributed by atoms with E-state index < -0.39 is 10.0 Å². The first-order valence-electron chi connectivity index (χ1n) is 7.23. The molecule has 24 heavy (non-hydrogen) atoms. The first kappa shape index (κ1) is 18.0. The van der Waals surface area contributed by atoms with Crippen LogP contribution < -0.4 is 9.57 Å². The lowest BCUT2D eigenvalue weighted by atomic mass is 10.1. The van der Waals surface area contributed by atoms with Crippen LogP contribution in [0.25, 0.3) is 0 Å². The molecule has 0 spiro atoms. The Bertz CT molecular complexity index is 811. The minimum atomic E-state index is -3.44. The zero-order chi connectivity index (χ0) is 17.7. The van der Waals surface area contributed by atoms with Gasteiger partial charge >= 0.3 is 0 Å². The molecule has 0 saturated heterocycles. The molecule has 0 N–H and O–H groups in total. The summed E-state index contributed by atoms with van der Waals surface area (Å²) in [4.78, 5) is 5.56. The average molecular weight is 348 g/mol. The van der Waals surface area contributed by atoms with E-state index in [-0.39, 0.29) is 4.90 Å². The van der Waals surface area contributed by atoms with Gasteiger partial charge < -0.3 is 9.57 Å². The van der Waals surface area contributed by atoms with Crippen molar-refractivity contribution in [1.82, 2.24) is 4.31 Å². The van der Waals surface area contributed by atoms with Crippen molar-refractivity contribution >= 4 is 15.7 Å². The molecule has 0 bridgehead atoms. The lowest BCUT2D eigenvalue weighted by Crippen LogP contribution is -2.22. The molecule has 0 aliphatic heterocycles. The maximum Gasteiger partial charge on any atom is 0.242 e. The molecule has 6 nitrogen and oxygen atoms in total. The van der Waals surface area contributed by atoms with E-state index in [1.165, 1.54) is 26.2 Å². The van der Waals surface area contributed by atoms with Crippen molar-refractivity contribution in [2.24, 2.45) is 5.16 Å². The highest BCUT2D eigenvalue weighted by atomic mass is 32.2. The SMILES string of the molecule is COc1ccc(/C(C)=N\Oc2ccc(S(=O)(=O)N(C)C)cc2)cc1. The molecule has 0 aliphatic carbocycles. The summed E-state index contributed by atoms with van der Waals surface area (Å²) < 4.78 is 30.3. The van der Waals surface area contributed by atoms with Crippen LogP contribution in [0.4, 0.5) is 0 Å². The van der Waals surface area contributed by atoms with Crippen molar-refractivity contribution < 1.29 is 18.0 Å². The Balaban J connectivity index is 2.10. The van der Waals surface area contributed by atoms with Crippen LogP contribution in [0.5, 0.6) is 11.5 Å². The topological polar surface area (TPSA) is 68.2 Å². The standard InChI is InChI=1S/C17H20N2O4S/c1-13(14-5-7-15(22-4)8-6-14)18-23-16-9-11-17(12-10-16)24(20,21)19(2)3/h5-12H,1-4H3/b18-13-. The van der Waals surface area contributed by atoms with Crippen LogP contribution in [0.2, 0.25) is 0 Å². The van der Waals surface area contributed by atoms with E-state index in [1.54, 1.807) is 19.2 Å². The number of hydrogen-bond donors (Lipinski definition) is 0. The van der Waals surface area contributed by atoms with E-state index in [1.807, 2.05) is 31.2 Å². The lowest BCUT2D eigenvalue weighted by molar-refractivity contribution is 0.341. The van der Waals surface area contributed by atoms with E-state index in [9.17, 15) is 8.42 Å². The first-order chi connectivity index (χ1) is 11.3. The molecular weight excluding hydrogens is 328 g/mol. The van der Waals surface area contributed by atoms with Gasteiger partial charge in [0, 0.05) is 14.1 Å². The Morgan fingerprint density at radius 3 is 2.00 bits per heavy atom. The number of nitrogens with zero attached hydrogens (tertiary/aromatic N) is 2. The van der Waals surface area contributed by atoms with Crippen molar-refractivity contribution in [3.63, 3.8) is 0 Å². The molecule has 2 rings (SSSR count). The van der Waals surface area contributed by atoms with Gasteiger partial charge in [0.15, 0.2) is 5.75 Å². The third kappa shape index (κ3) is 4.12. The highest BCUT2D eigenvalue weighted by Crippen LogP contribution is 2.19. The molecule has 0 radical (unpaired) electrons. The second-order valence-corrected chi connectivity index (χ2v) is 7.41. The van der Waals surface area contributed by atoms with Gasteiger partial charge in [-0.15, -0.1) is 0 Å². The summed E-state index contributed by atoms with van der Waals surface area (Å²) in [6.07, 6.45) is 0. The van der Waals surface area contributed by atoms with Gasteiger partial charge in [-0.3, -0.25) is 0 Å². The Morgan fingerprint density at radius 1 is 0.958 bits per heavy atom. The second-order valence-electron chi connectivity index (χ2n) is 5.26. The predicted octanol–water partition coefficient (Wildman–Crippen LogP) is 2.75. The van der Waals surface area contributed by atoms with Gasteiger partial charge in [-0.1, -0.05) is 5.16 Å². The monoisotopic (exact) mass is 348 g/mol. The molecule has 0 saturated carbocycles. The highest BCUT2D eigenvalue weighted by molar-refractivity contribution is 7.89. The maximum atomic E-state index is 12.0. The third-order valence-electron chi connectivity index (χ3n) is 3.40. The number of benzene rings is 2. The van der Waals surface area contributed by atoms with E-state index in [4.69, 9.17) is 9.57 Å². The molecule has 0 aliphatic rings. The van der Waals surface area contributed by atoms with Crippen LogP contribution in [-0.4, -0.2) is 39.6 Å². The fourth-order valence-electron chi connectivity index (χ4n) is 1.89.